The average Bonchev–Trinajstić information content (AvgIpc) is 2.49. The van der Waals surface area contributed by atoms with Crippen molar-refractivity contribution in [1.29, 1.82) is 0 Å². The van der Waals surface area contributed by atoms with E-state index in [4.69, 9.17) is 28.3 Å². The molecule has 22 heavy (non-hydrogen) atoms. The highest BCUT2D eigenvalue weighted by atomic mass is 35.5. The Bertz CT molecular complexity index is 695. The third-order valence-corrected chi connectivity index (χ3v) is 3.50. The first kappa shape index (κ1) is 16.5. The maximum Gasteiger partial charge on any atom is 0.243 e. The molecule has 2 rings (SSSR count). The fourth-order valence-electron chi connectivity index (χ4n) is 1.77. The Morgan fingerprint density at radius 2 is 1.86 bits per heavy atom. The summed E-state index contributed by atoms with van der Waals surface area (Å²) in [6.45, 7) is -0.175. The molecular formula is C15H13Cl2FN2O2. The molecule has 7 heteroatoms. The van der Waals surface area contributed by atoms with Crippen LogP contribution in [0.1, 0.15) is 5.56 Å². The van der Waals surface area contributed by atoms with Crippen LogP contribution in [0.15, 0.2) is 36.4 Å². The minimum atomic E-state index is -0.478. The van der Waals surface area contributed by atoms with Gasteiger partial charge in [0.1, 0.15) is 5.82 Å². The van der Waals surface area contributed by atoms with Crippen LogP contribution in [0.2, 0.25) is 10.0 Å². The lowest BCUT2D eigenvalue weighted by molar-refractivity contribution is -0.114. The van der Waals surface area contributed by atoms with Gasteiger partial charge < -0.3 is 15.7 Å². The second-order valence-corrected chi connectivity index (χ2v) is 5.31. The Hall–Kier alpha value is -1.82. The Morgan fingerprint density at radius 3 is 2.55 bits per heavy atom. The molecule has 4 nitrogen and oxygen atoms in total. The van der Waals surface area contributed by atoms with Crippen LogP contribution in [0.4, 0.5) is 15.8 Å². The number of rotatable bonds is 5. The fraction of sp³-hybridized carbons (Fsp3) is 0.133. The fourth-order valence-corrected chi connectivity index (χ4v) is 2.17. The van der Waals surface area contributed by atoms with E-state index < -0.39 is 5.82 Å². The SMILES string of the molecule is O=C(CNc1cc(CO)ccc1Cl)Nc1ccc(F)cc1Cl. The number of aliphatic hydroxyl groups excluding tert-OH is 1. The van der Waals surface area contributed by atoms with Crippen molar-refractivity contribution >= 4 is 40.5 Å². The predicted molar refractivity (Wildman–Crippen MR) is 85.9 cm³/mol. The lowest BCUT2D eigenvalue weighted by atomic mass is 10.2. The maximum atomic E-state index is 12.9. The standard InChI is InChI=1S/C15H13Cl2FN2O2/c16-11-3-1-9(8-21)5-14(11)19-7-15(22)20-13-4-2-10(18)6-12(13)17/h1-6,19,21H,7-8H2,(H,20,22). The average molecular weight is 343 g/mol. The van der Waals surface area contributed by atoms with Crippen molar-refractivity contribution < 1.29 is 14.3 Å². The Labute approximate surface area is 136 Å². The molecule has 1 amide bonds. The van der Waals surface area contributed by atoms with Gasteiger partial charge >= 0.3 is 0 Å². The molecule has 0 heterocycles. The molecule has 0 unspecified atom stereocenters. The smallest absolute Gasteiger partial charge is 0.243 e. The molecule has 2 aromatic rings. The zero-order valence-corrected chi connectivity index (χ0v) is 12.9. The molecule has 0 saturated carbocycles. The number of nitrogens with one attached hydrogen (secondary N) is 2. The molecule has 0 fully saturated rings. The predicted octanol–water partition coefficient (Wildman–Crippen LogP) is 3.68. The van der Waals surface area contributed by atoms with E-state index in [1.54, 1.807) is 18.2 Å². The molecule has 0 saturated heterocycles. The lowest BCUT2D eigenvalue weighted by Gasteiger charge is -2.11. The number of carbonyl (C=O) groups excluding carboxylic acids is 1. The van der Waals surface area contributed by atoms with Crippen LogP contribution < -0.4 is 10.6 Å². The van der Waals surface area contributed by atoms with Crippen LogP contribution >= 0.6 is 23.2 Å². The van der Waals surface area contributed by atoms with Crippen LogP contribution in [0.5, 0.6) is 0 Å². The quantitative estimate of drug-likeness (QED) is 0.776. The first-order valence-corrected chi connectivity index (χ1v) is 7.13. The molecule has 3 N–H and O–H groups in total. The molecule has 0 bridgehead atoms. The van der Waals surface area contributed by atoms with E-state index in [9.17, 15) is 9.18 Å². The summed E-state index contributed by atoms with van der Waals surface area (Å²) in [6.07, 6.45) is 0. The summed E-state index contributed by atoms with van der Waals surface area (Å²) in [5, 5.41) is 15.1. The highest BCUT2D eigenvalue weighted by Gasteiger charge is 2.08. The van der Waals surface area contributed by atoms with Crippen LogP contribution in [-0.2, 0) is 11.4 Å². The lowest BCUT2D eigenvalue weighted by Crippen LogP contribution is -2.22. The van der Waals surface area contributed by atoms with Crippen molar-refractivity contribution in [3.05, 3.63) is 57.8 Å². The molecule has 0 spiro atoms. The molecule has 0 aliphatic rings. The summed E-state index contributed by atoms with van der Waals surface area (Å²) >= 11 is 11.8. The topological polar surface area (TPSA) is 61.4 Å². The van der Waals surface area contributed by atoms with E-state index in [-0.39, 0.29) is 24.1 Å². The molecule has 0 aliphatic heterocycles. The first-order chi connectivity index (χ1) is 10.5. The van der Waals surface area contributed by atoms with Gasteiger partial charge in [-0.15, -0.1) is 0 Å². The molecule has 116 valence electrons. The zero-order valence-electron chi connectivity index (χ0n) is 11.4. The highest BCUT2D eigenvalue weighted by Crippen LogP contribution is 2.24. The van der Waals surface area contributed by atoms with Crippen molar-refractivity contribution in [2.24, 2.45) is 0 Å². The van der Waals surface area contributed by atoms with Gasteiger partial charge in [0.25, 0.3) is 0 Å². The van der Waals surface area contributed by atoms with Crippen molar-refractivity contribution in [1.82, 2.24) is 0 Å². The summed E-state index contributed by atoms with van der Waals surface area (Å²) < 4.78 is 12.9. The van der Waals surface area contributed by atoms with Crippen molar-refractivity contribution in [3.63, 3.8) is 0 Å². The second-order valence-electron chi connectivity index (χ2n) is 4.50. The van der Waals surface area contributed by atoms with E-state index in [1.807, 2.05) is 0 Å². The number of hydrogen-bond acceptors (Lipinski definition) is 3. The summed E-state index contributed by atoms with van der Waals surface area (Å²) in [5.41, 5.74) is 1.53. The van der Waals surface area contributed by atoms with Gasteiger partial charge in [-0.2, -0.15) is 0 Å². The third-order valence-electron chi connectivity index (χ3n) is 2.86. The minimum Gasteiger partial charge on any atom is -0.392 e. The summed E-state index contributed by atoms with van der Waals surface area (Å²) in [6, 6.07) is 8.67. The van der Waals surface area contributed by atoms with Crippen molar-refractivity contribution in [2.75, 3.05) is 17.2 Å². The normalized spacial score (nSPS) is 10.4. The van der Waals surface area contributed by atoms with Crippen LogP contribution in [0.25, 0.3) is 0 Å². The van der Waals surface area contributed by atoms with Crippen LogP contribution in [0, 0.1) is 5.82 Å². The zero-order chi connectivity index (χ0) is 16.1. The number of carbonyl (C=O) groups is 1. The van der Waals surface area contributed by atoms with E-state index >= 15 is 0 Å². The molecule has 0 aliphatic carbocycles. The second kappa shape index (κ2) is 7.45. The summed E-state index contributed by atoms with van der Waals surface area (Å²) in [7, 11) is 0. The van der Waals surface area contributed by atoms with Gasteiger partial charge in [-0.3, -0.25) is 4.79 Å². The molecule has 0 radical (unpaired) electrons. The van der Waals surface area contributed by atoms with Crippen LogP contribution in [-0.4, -0.2) is 17.6 Å². The Morgan fingerprint density at radius 1 is 1.09 bits per heavy atom. The third kappa shape index (κ3) is 4.34. The Balaban J connectivity index is 1.98. The molecule has 0 aromatic heterocycles. The molecule has 2 aromatic carbocycles. The van der Waals surface area contributed by atoms with E-state index in [0.717, 1.165) is 6.07 Å². The van der Waals surface area contributed by atoms with E-state index in [1.165, 1.54) is 12.1 Å². The monoisotopic (exact) mass is 342 g/mol. The summed E-state index contributed by atoms with van der Waals surface area (Å²) in [5.74, 6) is -0.840. The number of amides is 1. The number of anilines is 2. The number of benzene rings is 2. The van der Waals surface area contributed by atoms with Gasteiger partial charge in [0.05, 0.1) is 34.6 Å². The number of hydrogen-bond donors (Lipinski definition) is 3. The maximum absolute atomic E-state index is 12.9. The minimum absolute atomic E-state index is 0.0533. The highest BCUT2D eigenvalue weighted by molar-refractivity contribution is 6.34. The van der Waals surface area contributed by atoms with Gasteiger partial charge in [0.2, 0.25) is 5.91 Å². The first-order valence-electron chi connectivity index (χ1n) is 6.37. The van der Waals surface area contributed by atoms with Crippen molar-refractivity contribution in [3.8, 4) is 0 Å². The van der Waals surface area contributed by atoms with E-state index in [0.29, 0.717) is 22.0 Å². The van der Waals surface area contributed by atoms with Crippen LogP contribution in [0.3, 0.4) is 0 Å². The number of aliphatic hydroxyl groups is 1. The van der Waals surface area contributed by atoms with E-state index in [2.05, 4.69) is 10.6 Å². The molecular weight excluding hydrogens is 330 g/mol. The van der Waals surface area contributed by atoms with Gasteiger partial charge in [-0.1, -0.05) is 29.3 Å². The number of halogens is 3. The van der Waals surface area contributed by atoms with Crippen molar-refractivity contribution in [2.45, 2.75) is 6.61 Å². The van der Waals surface area contributed by atoms with Gasteiger partial charge in [-0.25, -0.2) is 4.39 Å². The Kier molecular flexibility index (Phi) is 5.60. The van der Waals surface area contributed by atoms with Gasteiger partial charge in [0.15, 0.2) is 0 Å². The summed E-state index contributed by atoms with van der Waals surface area (Å²) in [4.78, 5) is 11.9. The van der Waals surface area contributed by atoms with Gasteiger partial charge in [0, 0.05) is 0 Å². The van der Waals surface area contributed by atoms with Gasteiger partial charge in [-0.05, 0) is 35.9 Å². The largest absolute Gasteiger partial charge is 0.392 e. The molecule has 0 atom stereocenters.